The smallest absolute Gasteiger partial charge is 0.262 e. The number of amides is 2. The van der Waals surface area contributed by atoms with E-state index in [0.29, 0.717) is 30.0 Å². The maximum Gasteiger partial charge on any atom is 0.262 e. The number of aromatic amines is 1. The first-order valence-electron chi connectivity index (χ1n) is 11.3. The number of hydrogen-bond donors (Lipinski definition) is 3. The zero-order chi connectivity index (χ0) is 25.3. The normalized spacial score (nSPS) is 11.1. The van der Waals surface area contributed by atoms with Crippen LogP contribution in [0.3, 0.4) is 0 Å². The molecule has 1 aromatic heterocycles. The van der Waals surface area contributed by atoms with Crippen molar-refractivity contribution in [1.82, 2.24) is 10.3 Å². The molecule has 4 rings (SSSR count). The molecule has 0 aliphatic rings. The Morgan fingerprint density at radius 1 is 1.03 bits per heavy atom. The van der Waals surface area contributed by atoms with E-state index < -0.39 is 17.6 Å². The highest BCUT2D eigenvalue weighted by molar-refractivity contribution is 6.02. The van der Waals surface area contributed by atoms with Gasteiger partial charge in [0.1, 0.15) is 23.2 Å². The van der Waals surface area contributed by atoms with Gasteiger partial charge in [0, 0.05) is 34.9 Å². The van der Waals surface area contributed by atoms with E-state index in [9.17, 15) is 19.2 Å². The third kappa shape index (κ3) is 6.15. The molecular formula is C28H23FN4O3. The standard InChI is InChI=1S/C28H23FN4O3/c29-22-9-11-23(12-10-22)33-27(34)18-36-26-8-4-1-5-19(26)15-21(16-30)28(35)31-14-13-20-17-32-25-7-3-2-6-24(20)25/h1-12,15,17,32H,13-14,18H2,(H,31,35)(H,33,34)/b21-15-. The topological polar surface area (TPSA) is 107 Å². The zero-order valence-corrected chi connectivity index (χ0v) is 19.3. The lowest BCUT2D eigenvalue weighted by Gasteiger charge is -2.10. The van der Waals surface area contributed by atoms with Crippen LogP contribution < -0.4 is 15.4 Å². The molecule has 2 amide bonds. The highest BCUT2D eigenvalue weighted by atomic mass is 19.1. The summed E-state index contributed by atoms with van der Waals surface area (Å²) in [7, 11) is 0. The Morgan fingerprint density at radius 3 is 2.58 bits per heavy atom. The number of hydrogen-bond acceptors (Lipinski definition) is 4. The van der Waals surface area contributed by atoms with Crippen LogP contribution in [0.25, 0.3) is 17.0 Å². The first-order chi connectivity index (χ1) is 17.5. The third-order valence-corrected chi connectivity index (χ3v) is 5.43. The van der Waals surface area contributed by atoms with Gasteiger partial charge in [0.05, 0.1) is 0 Å². The SMILES string of the molecule is N#C/C(=C/c1ccccc1OCC(=O)Nc1ccc(F)cc1)C(=O)NCCc1c[nH]c2ccccc12. The van der Waals surface area contributed by atoms with Gasteiger partial charge < -0.3 is 20.4 Å². The van der Waals surface area contributed by atoms with Gasteiger partial charge in [0.15, 0.2) is 6.61 Å². The van der Waals surface area contributed by atoms with Crippen LogP contribution in [0.1, 0.15) is 11.1 Å². The third-order valence-electron chi connectivity index (χ3n) is 5.43. The van der Waals surface area contributed by atoms with Gasteiger partial charge in [-0.3, -0.25) is 9.59 Å². The number of fused-ring (bicyclic) bond motifs is 1. The monoisotopic (exact) mass is 482 g/mol. The molecular weight excluding hydrogens is 459 g/mol. The van der Waals surface area contributed by atoms with E-state index in [1.54, 1.807) is 24.3 Å². The Hall–Kier alpha value is -4.90. The molecule has 0 bridgehead atoms. The van der Waals surface area contributed by atoms with Gasteiger partial charge in [-0.2, -0.15) is 5.26 Å². The van der Waals surface area contributed by atoms with Crippen molar-refractivity contribution in [3.63, 3.8) is 0 Å². The van der Waals surface area contributed by atoms with Crippen molar-refractivity contribution in [3.05, 3.63) is 102 Å². The second-order valence-corrected chi connectivity index (χ2v) is 7.92. The number of para-hydroxylation sites is 2. The average Bonchev–Trinajstić information content (AvgIpc) is 3.31. The molecule has 0 atom stereocenters. The second kappa shape index (κ2) is 11.5. The number of nitrogens with one attached hydrogen (secondary N) is 3. The van der Waals surface area contributed by atoms with Gasteiger partial charge >= 0.3 is 0 Å². The molecule has 7 nitrogen and oxygen atoms in total. The van der Waals surface area contributed by atoms with E-state index in [1.165, 1.54) is 30.3 Å². The van der Waals surface area contributed by atoms with Crippen molar-refractivity contribution in [2.75, 3.05) is 18.5 Å². The zero-order valence-electron chi connectivity index (χ0n) is 19.3. The maximum absolute atomic E-state index is 13.0. The summed E-state index contributed by atoms with van der Waals surface area (Å²) in [6.45, 7) is 0.0579. The molecule has 1 heterocycles. The molecule has 0 saturated carbocycles. The number of rotatable bonds is 9. The molecule has 0 saturated heterocycles. The van der Waals surface area contributed by atoms with E-state index in [2.05, 4.69) is 15.6 Å². The molecule has 4 aromatic rings. The first kappa shape index (κ1) is 24.2. The molecule has 0 aliphatic carbocycles. The van der Waals surface area contributed by atoms with Crippen LogP contribution in [0, 0.1) is 17.1 Å². The van der Waals surface area contributed by atoms with Crippen LogP contribution in [0.15, 0.2) is 84.6 Å². The van der Waals surface area contributed by atoms with Gasteiger partial charge in [-0.25, -0.2) is 4.39 Å². The quantitative estimate of drug-likeness (QED) is 0.240. The number of carbonyl (C=O) groups is 2. The molecule has 3 aromatic carbocycles. The van der Waals surface area contributed by atoms with Crippen LogP contribution in [0.2, 0.25) is 0 Å². The molecule has 0 unspecified atom stereocenters. The van der Waals surface area contributed by atoms with E-state index >= 15 is 0 Å². The Morgan fingerprint density at radius 2 is 1.78 bits per heavy atom. The van der Waals surface area contributed by atoms with Crippen molar-refractivity contribution in [1.29, 1.82) is 5.26 Å². The van der Waals surface area contributed by atoms with Crippen molar-refractivity contribution >= 4 is 34.5 Å². The van der Waals surface area contributed by atoms with Crippen LogP contribution in [0.4, 0.5) is 10.1 Å². The summed E-state index contributed by atoms with van der Waals surface area (Å²) in [6, 6.07) is 22.0. The maximum atomic E-state index is 13.0. The minimum Gasteiger partial charge on any atom is -0.483 e. The number of benzene rings is 3. The lowest BCUT2D eigenvalue weighted by atomic mass is 10.1. The number of ether oxygens (including phenoxy) is 1. The lowest BCUT2D eigenvalue weighted by molar-refractivity contribution is -0.118. The van der Waals surface area contributed by atoms with Crippen molar-refractivity contribution in [2.24, 2.45) is 0 Å². The number of anilines is 1. The summed E-state index contributed by atoms with van der Waals surface area (Å²) in [5, 5.41) is 16.0. The lowest BCUT2D eigenvalue weighted by Crippen LogP contribution is -2.26. The fraction of sp³-hybridized carbons (Fsp3) is 0.107. The average molecular weight is 483 g/mol. The van der Waals surface area contributed by atoms with Crippen LogP contribution in [-0.2, 0) is 16.0 Å². The van der Waals surface area contributed by atoms with Gasteiger partial charge in [0.2, 0.25) is 0 Å². The highest BCUT2D eigenvalue weighted by Gasteiger charge is 2.12. The first-order valence-corrected chi connectivity index (χ1v) is 11.3. The number of nitrogens with zero attached hydrogens (tertiary/aromatic N) is 1. The van der Waals surface area contributed by atoms with Gasteiger partial charge in [-0.05, 0) is 54.5 Å². The number of H-pyrrole nitrogens is 1. The summed E-state index contributed by atoms with van der Waals surface area (Å²) in [5.41, 5.74) is 2.94. The van der Waals surface area contributed by atoms with E-state index in [0.717, 1.165) is 16.5 Å². The summed E-state index contributed by atoms with van der Waals surface area (Å²) in [4.78, 5) is 28.0. The molecule has 180 valence electrons. The van der Waals surface area contributed by atoms with Crippen molar-refractivity contribution < 1.29 is 18.7 Å². The highest BCUT2D eigenvalue weighted by Crippen LogP contribution is 2.22. The molecule has 0 aliphatic heterocycles. The molecule has 36 heavy (non-hydrogen) atoms. The summed E-state index contributed by atoms with van der Waals surface area (Å²) >= 11 is 0. The predicted molar refractivity (Wildman–Crippen MR) is 136 cm³/mol. The minimum absolute atomic E-state index is 0.0826. The number of carbonyl (C=O) groups excluding carboxylic acids is 2. The van der Waals surface area contributed by atoms with Crippen molar-refractivity contribution in [2.45, 2.75) is 6.42 Å². The van der Waals surface area contributed by atoms with Crippen LogP contribution in [0.5, 0.6) is 5.75 Å². The molecule has 8 heteroatoms. The Balaban J connectivity index is 1.36. The Labute approximate surface area is 207 Å². The number of aromatic nitrogens is 1. The van der Waals surface area contributed by atoms with Crippen LogP contribution in [-0.4, -0.2) is 29.9 Å². The Bertz CT molecular complexity index is 1450. The second-order valence-electron chi connectivity index (χ2n) is 7.92. The summed E-state index contributed by atoms with van der Waals surface area (Å²) < 4.78 is 18.6. The summed E-state index contributed by atoms with van der Waals surface area (Å²) in [6.07, 6.45) is 3.95. The van der Waals surface area contributed by atoms with Gasteiger partial charge in [-0.15, -0.1) is 0 Å². The van der Waals surface area contributed by atoms with Gasteiger partial charge in [-0.1, -0.05) is 36.4 Å². The minimum atomic E-state index is -0.499. The van der Waals surface area contributed by atoms with Gasteiger partial charge in [0.25, 0.3) is 11.8 Å². The van der Waals surface area contributed by atoms with Crippen molar-refractivity contribution in [3.8, 4) is 11.8 Å². The fourth-order valence-electron chi connectivity index (χ4n) is 3.65. The molecule has 3 N–H and O–H groups in total. The molecule has 0 fully saturated rings. The number of nitriles is 1. The fourth-order valence-corrected chi connectivity index (χ4v) is 3.65. The summed E-state index contributed by atoms with van der Waals surface area (Å²) in [5.74, 6) is -0.997. The molecule has 0 radical (unpaired) electrons. The van der Waals surface area contributed by atoms with Crippen LogP contribution >= 0.6 is 0 Å². The molecule has 0 spiro atoms. The predicted octanol–water partition coefficient (Wildman–Crippen LogP) is 4.59. The Kier molecular flexibility index (Phi) is 7.73. The number of halogens is 1. The van der Waals surface area contributed by atoms with E-state index in [4.69, 9.17) is 4.74 Å². The van der Waals surface area contributed by atoms with E-state index in [1.807, 2.05) is 36.5 Å². The largest absolute Gasteiger partial charge is 0.483 e. The van der Waals surface area contributed by atoms with E-state index in [-0.39, 0.29) is 12.2 Å².